The van der Waals surface area contributed by atoms with E-state index in [1.54, 1.807) is 12.1 Å². The number of carboxylic acids is 1. The summed E-state index contributed by atoms with van der Waals surface area (Å²) in [6, 6.07) is 7.32. The Bertz CT molecular complexity index is 1150. The van der Waals surface area contributed by atoms with Gasteiger partial charge in [0.1, 0.15) is 0 Å². The Labute approximate surface area is 172 Å². The number of hydrogen-bond donors (Lipinski definition) is 1. The van der Waals surface area contributed by atoms with Gasteiger partial charge in [0.15, 0.2) is 22.3 Å². The minimum Gasteiger partial charge on any atom is -0.481 e. The van der Waals surface area contributed by atoms with E-state index in [0.29, 0.717) is 15.2 Å². The molecular formula is C18H11Cl2FN2O4S. The summed E-state index contributed by atoms with van der Waals surface area (Å²) in [4.78, 5) is 30.1. The number of aliphatic carboxylic acids is 1. The molecule has 1 aliphatic rings. The van der Waals surface area contributed by atoms with Crippen LogP contribution in [0.2, 0.25) is 10.0 Å². The fourth-order valence-electron chi connectivity index (χ4n) is 3.00. The van der Waals surface area contributed by atoms with Gasteiger partial charge in [-0.25, -0.2) is 14.3 Å². The molecular weight excluding hydrogens is 430 g/mol. The van der Waals surface area contributed by atoms with E-state index in [9.17, 15) is 19.1 Å². The molecule has 1 N–H and O–H groups in total. The van der Waals surface area contributed by atoms with E-state index >= 15 is 0 Å². The lowest BCUT2D eigenvalue weighted by Gasteiger charge is -2.38. The maximum atomic E-state index is 14.4. The van der Waals surface area contributed by atoms with Gasteiger partial charge in [-0.15, -0.1) is 0 Å². The Morgan fingerprint density at radius 1 is 1.36 bits per heavy atom. The van der Waals surface area contributed by atoms with E-state index in [4.69, 9.17) is 27.9 Å². The third-order valence-corrected chi connectivity index (χ3v) is 6.28. The summed E-state index contributed by atoms with van der Waals surface area (Å²) in [5, 5.41) is 10.0. The average molecular weight is 441 g/mol. The molecule has 0 spiro atoms. The van der Waals surface area contributed by atoms with Crippen LogP contribution in [0.3, 0.4) is 0 Å². The SMILES string of the molecule is CC1(CC(=O)O)Oc2c(F)cccc2N(c2nc3ccc(Cl)c(Cl)c3s2)C1=O. The van der Waals surface area contributed by atoms with Crippen molar-refractivity contribution in [2.45, 2.75) is 18.9 Å². The molecule has 1 aromatic heterocycles. The summed E-state index contributed by atoms with van der Waals surface area (Å²) in [5.41, 5.74) is -1.17. The van der Waals surface area contributed by atoms with Crippen molar-refractivity contribution in [3.05, 3.63) is 46.2 Å². The van der Waals surface area contributed by atoms with Crippen LogP contribution < -0.4 is 9.64 Å². The van der Waals surface area contributed by atoms with Crippen LogP contribution in [-0.4, -0.2) is 27.6 Å². The molecule has 10 heteroatoms. The number of carbonyl (C=O) groups is 2. The number of carboxylic acid groups (broad SMARTS) is 1. The molecule has 1 amide bonds. The molecule has 0 saturated carbocycles. The first-order valence-corrected chi connectivity index (χ1v) is 9.57. The summed E-state index contributed by atoms with van der Waals surface area (Å²) in [6.45, 7) is 1.31. The lowest BCUT2D eigenvalue weighted by molar-refractivity contribution is -0.148. The highest BCUT2D eigenvalue weighted by molar-refractivity contribution is 7.23. The van der Waals surface area contributed by atoms with Crippen LogP contribution in [0.1, 0.15) is 13.3 Å². The largest absolute Gasteiger partial charge is 0.481 e. The van der Waals surface area contributed by atoms with Crippen molar-refractivity contribution in [1.82, 2.24) is 4.98 Å². The first kappa shape index (κ1) is 18.9. The number of rotatable bonds is 3. The Morgan fingerprint density at radius 2 is 2.11 bits per heavy atom. The number of halogens is 3. The van der Waals surface area contributed by atoms with E-state index in [2.05, 4.69) is 4.98 Å². The molecule has 28 heavy (non-hydrogen) atoms. The van der Waals surface area contributed by atoms with Gasteiger partial charge in [0.25, 0.3) is 5.91 Å². The fourth-order valence-corrected chi connectivity index (χ4v) is 4.51. The zero-order valence-electron chi connectivity index (χ0n) is 14.2. The summed E-state index contributed by atoms with van der Waals surface area (Å²) >= 11 is 13.4. The minimum atomic E-state index is -1.81. The molecule has 2 aromatic carbocycles. The van der Waals surface area contributed by atoms with Crippen LogP contribution in [0.15, 0.2) is 30.3 Å². The topological polar surface area (TPSA) is 79.7 Å². The molecule has 1 aliphatic heterocycles. The van der Waals surface area contributed by atoms with E-state index in [-0.39, 0.29) is 21.6 Å². The normalized spacial score (nSPS) is 18.9. The number of hydrogen-bond acceptors (Lipinski definition) is 5. The Morgan fingerprint density at radius 3 is 2.82 bits per heavy atom. The van der Waals surface area contributed by atoms with Crippen molar-refractivity contribution < 1.29 is 23.8 Å². The molecule has 6 nitrogen and oxygen atoms in total. The monoisotopic (exact) mass is 440 g/mol. The number of anilines is 2. The Hall–Kier alpha value is -2.42. The molecule has 0 fully saturated rings. The molecule has 0 saturated heterocycles. The van der Waals surface area contributed by atoms with E-state index in [0.717, 1.165) is 11.3 Å². The smallest absolute Gasteiger partial charge is 0.307 e. The van der Waals surface area contributed by atoms with Crippen molar-refractivity contribution in [2.24, 2.45) is 0 Å². The zero-order chi connectivity index (χ0) is 20.2. The minimum absolute atomic E-state index is 0.133. The van der Waals surface area contributed by atoms with Crippen LogP contribution in [-0.2, 0) is 9.59 Å². The fraction of sp³-hybridized carbons (Fsp3) is 0.167. The van der Waals surface area contributed by atoms with Gasteiger partial charge >= 0.3 is 5.97 Å². The van der Waals surface area contributed by atoms with Crippen LogP contribution in [0, 0.1) is 5.82 Å². The third-order valence-electron chi connectivity index (χ3n) is 4.29. The van der Waals surface area contributed by atoms with Gasteiger partial charge in [0, 0.05) is 0 Å². The highest BCUT2D eigenvalue weighted by Crippen LogP contribution is 2.47. The van der Waals surface area contributed by atoms with Gasteiger partial charge in [-0.3, -0.25) is 9.59 Å². The Kier molecular flexibility index (Phi) is 4.45. The highest BCUT2D eigenvalue weighted by Gasteiger charge is 2.48. The number of fused-ring (bicyclic) bond motifs is 2. The van der Waals surface area contributed by atoms with Gasteiger partial charge < -0.3 is 9.84 Å². The van der Waals surface area contributed by atoms with Crippen LogP contribution in [0.5, 0.6) is 5.75 Å². The zero-order valence-corrected chi connectivity index (χ0v) is 16.5. The lowest BCUT2D eigenvalue weighted by Crippen LogP contribution is -2.54. The molecule has 1 unspecified atom stereocenters. The maximum absolute atomic E-state index is 14.4. The number of para-hydroxylation sites is 1. The number of aromatic nitrogens is 1. The highest BCUT2D eigenvalue weighted by atomic mass is 35.5. The summed E-state index contributed by atoms with van der Waals surface area (Å²) < 4.78 is 20.5. The van der Waals surface area contributed by atoms with E-state index < -0.39 is 29.7 Å². The Balaban J connectivity index is 1.94. The van der Waals surface area contributed by atoms with Crippen molar-refractivity contribution in [1.29, 1.82) is 0 Å². The second kappa shape index (κ2) is 6.58. The standard InChI is InChI=1S/C18H11Cl2FN2O4S/c1-18(7-12(24)25)16(26)23(11-4-2-3-9(21)14(11)27-18)17-22-10-6-5-8(19)13(20)15(10)28-17/h2-6H,7H2,1H3,(H,24,25). The summed E-state index contributed by atoms with van der Waals surface area (Å²) in [7, 11) is 0. The van der Waals surface area contributed by atoms with Crippen LogP contribution >= 0.6 is 34.5 Å². The van der Waals surface area contributed by atoms with E-state index in [1.807, 2.05) is 0 Å². The number of ether oxygens (including phenoxy) is 1. The molecule has 4 rings (SSSR count). The molecule has 144 valence electrons. The van der Waals surface area contributed by atoms with Crippen molar-refractivity contribution in [3.63, 3.8) is 0 Å². The number of carbonyl (C=O) groups excluding carboxylic acids is 1. The number of thiazole rings is 1. The second-order valence-corrected chi connectivity index (χ2v) is 8.10. The first-order valence-electron chi connectivity index (χ1n) is 8.00. The van der Waals surface area contributed by atoms with Crippen LogP contribution in [0.4, 0.5) is 15.2 Å². The molecule has 2 heterocycles. The third kappa shape index (κ3) is 2.88. The molecule has 0 bridgehead atoms. The lowest BCUT2D eigenvalue weighted by atomic mass is 9.97. The predicted octanol–water partition coefficient (Wildman–Crippen LogP) is 5.03. The maximum Gasteiger partial charge on any atom is 0.307 e. The van der Waals surface area contributed by atoms with Gasteiger partial charge in [-0.05, 0) is 31.2 Å². The molecule has 3 aromatic rings. The van der Waals surface area contributed by atoms with Crippen molar-refractivity contribution >= 4 is 67.5 Å². The second-order valence-electron chi connectivity index (χ2n) is 6.34. The van der Waals surface area contributed by atoms with E-state index in [1.165, 1.54) is 30.0 Å². The number of nitrogens with zero attached hydrogens (tertiary/aromatic N) is 2. The molecule has 0 radical (unpaired) electrons. The van der Waals surface area contributed by atoms with Gasteiger partial charge in [0.2, 0.25) is 0 Å². The van der Waals surface area contributed by atoms with Crippen LogP contribution in [0.25, 0.3) is 10.2 Å². The average Bonchev–Trinajstić information content (AvgIpc) is 3.04. The van der Waals surface area contributed by atoms with Crippen molar-refractivity contribution in [3.8, 4) is 5.75 Å². The predicted molar refractivity (Wildman–Crippen MR) is 104 cm³/mol. The first-order chi connectivity index (χ1) is 13.2. The molecule has 0 aliphatic carbocycles. The quantitative estimate of drug-likeness (QED) is 0.617. The van der Waals surface area contributed by atoms with Gasteiger partial charge in [-0.1, -0.05) is 40.6 Å². The number of amides is 1. The van der Waals surface area contributed by atoms with Gasteiger partial charge in [0.05, 0.1) is 32.4 Å². The summed E-state index contributed by atoms with van der Waals surface area (Å²) in [5.74, 6) is -2.85. The molecule has 1 atom stereocenters. The van der Waals surface area contributed by atoms with Crippen molar-refractivity contribution in [2.75, 3.05) is 4.90 Å². The summed E-state index contributed by atoms with van der Waals surface area (Å²) in [6.07, 6.45) is -0.645. The van der Waals surface area contributed by atoms with Gasteiger partial charge in [-0.2, -0.15) is 0 Å². The number of benzene rings is 2.